The number of aliphatic hydroxyl groups is 1. The molecule has 30 nitrogen and oxygen atoms in total. The predicted octanol–water partition coefficient (Wildman–Crippen LogP) is -6.94. The Labute approximate surface area is 455 Å². The molecule has 1 saturated heterocycles. The second kappa shape index (κ2) is 38.7. The number of unbranched alkanes of at least 4 members (excludes halogenated alkanes) is 3. The number of guanidine groups is 1. The molecule has 9 amide bonds. The second-order valence-corrected chi connectivity index (χ2v) is 18.7. The van der Waals surface area contributed by atoms with Crippen LogP contribution in [-0.2, 0) is 49.6 Å². The predicted molar refractivity (Wildman–Crippen MR) is 290 cm³/mol. The van der Waals surface area contributed by atoms with Gasteiger partial charge in [-0.1, -0.05) is 6.08 Å². The zero-order valence-electron chi connectivity index (χ0n) is 44.7. The van der Waals surface area contributed by atoms with Crippen molar-refractivity contribution >= 4 is 59.1 Å². The van der Waals surface area contributed by atoms with Crippen molar-refractivity contribution in [2.24, 2.45) is 50.9 Å². The van der Waals surface area contributed by atoms with E-state index in [1.807, 2.05) is 0 Å². The summed E-state index contributed by atoms with van der Waals surface area (Å²) in [7, 11) is 0. The topological polar surface area (TPSA) is 523 Å². The standard InChI is InChI=1S/C48H88N20O10/c49-16-3-1-10-32(41(72)58-21-6-5-18-51)64-44(75)34(13-8-22-59-48(55)56)65-43(74)33(11-2-4-17-50)66-45(76)37(24-30-27-57-29-61-30)67-46(77)38-14-9-23-68(38)47(78)36(12-7-19-52)63-40(71)28-60-42(73)35(15-20-53)62-39(70)25-31(69)26-54/h13,27,29,31-33,35-38,69H,1-12,14-26,28,49-54H2,(H,57,61)(H,58,72)(H,60,73)(H,62,70)(H,63,71)(H,64,75)(H,65,74)(H,66,76)(H,67,77)(H4,55,56,59)/b34-13-/t31-,32+,33+,35+,36-,37+,38+/m1/s1. The fraction of sp³-hybridized carbons (Fsp3) is 0.688. The van der Waals surface area contributed by atoms with Crippen molar-refractivity contribution in [1.82, 2.24) is 57.4 Å². The molecule has 0 aliphatic carbocycles. The third-order valence-electron chi connectivity index (χ3n) is 12.4. The highest BCUT2D eigenvalue weighted by molar-refractivity contribution is 6.02. The molecule has 26 N–H and O–H groups in total. The van der Waals surface area contributed by atoms with E-state index in [0.29, 0.717) is 76.7 Å². The third kappa shape index (κ3) is 26.0. The third-order valence-corrected chi connectivity index (χ3v) is 12.4. The number of nitrogens with one attached hydrogen (secondary N) is 9. The van der Waals surface area contributed by atoms with Gasteiger partial charge < -0.3 is 103 Å². The molecule has 0 bridgehead atoms. The minimum Gasteiger partial charge on any atom is -0.391 e. The van der Waals surface area contributed by atoms with Gasteiger partial charge in [-0.25, -0.2) is 4.98 Å². The highest BCUT2D eigenvalue weighted by Gasteiger charge is 2.39. The van der Waals surface area contributed by atoms with Crippen molar-refractivity contribution in [3.8, 4) is 0 Å². The van der Waals surface area contributed by atoms with Crippen LogP contribution in [0.15, 0.2) is 29.3 Å². The molecule has 2 rings (SSSR count). The maximum absolute atomic E-state index is 14.4. The Morgan fingerprint density at radius 3 is 1.92 bits per heavy atom. The van der Waals surface area contributed by atoms with Crippen molar-refractivity contribution in [3.63, 3.8) is 0 Å². The first-order valence-corrected chi connectivity index (χ1v) is 26.7. The van der Waals surface area contributed by atoms with Gasteiger partial charge in [0.05, 0.1) is 25.4 Å². The number of H-pyrrole nitrogens is 1. The monoisotopic (exact) mass is 1100 g/mol. The Bertz CT molecular complexity index is 2090. The maximum Gasteiger partial charge on any atom is 0.268 e. The van der Waals surface area contributed by atoms with Crippen LogP contribution in [0.25, 0.3) is 0 Å². The summed E-state index contributed by atoms with van der Waals surface area (Å²) in [6.45, 7) is 0.956. The lowest BCUT2D eigenvalue weighted by atomic mass is 10.0. The van der Waals surface area contributed by atoms with Crippen LogP contribution in [0.4, 0.5) is 0 Å². The zero-order valence-corrected chi connectivity index (χ0v) is 44.7. The lowest BCUT2D eigenvalue weighted by Gasteiger charge is -2.30. The lowest BCUT2D eigenvalue weighted by Crippen LogP contribution is -2.59. The molecule has 1 aliphatic rings. The Morgan fingerprint density at radius 1 is 0.692 bits per heavy atom. The van der Waals surface area contributed by atoms with Crippen molar-refractivity contribution in [1.29, 1.82) is 0 Å². The Hall–Kier alpha value is -6.83. The highest BCUT2D eigenvalue weighted by Crippen LogP contribution is 2.20. The molecule has 440 valence electrons. The van der Waals surface area contributed by atoms with E-state index in [1.54, 1.807) is 0 Å². The minimum atomic E-state index is -1.36. The van der Waals surface area contributed by atoms with E-state index >= 15 is 0 Å². The fourth-order valence-electron chi connectivity index (χ4n) is 8.16. The van der Waals surface area contributed by atoms with Crippen LogP contribution in [0.5, 0.6) is 0 Å². The molecule has 0 unspecified atom stereocenters. The first-order valence-electron chi connectivity index (χ1n) is 26.7. The van der Waals surface area contributed by atoms with E-state index in [4.69, 9.17) is 45.9 Å². The van der Waals surface area contributed by atoms with Gasteiger partial charge in [-0.2, -0.15) is 0 Å². The van der Waals surface area contributed by atoms with E-state index in [1.165, 1.54) is 23.5 Å². The molecule has 1 aromatic heterocycles. The van der Waals surface area contributed by atoms with Crippen LogP contribution >= 0.6 is 0 Å². The van der Waals surface area contributed by atoms with Gasteiger partial charge in [0, 0.05) is 44.5 Å². The van der Waals surface area contributed by atoms with E-state index in [-0.39, 0.29) is 102 Å². The van der Waals surface area contributed by atoms with Crippen LogP contribution in [0, 0.1) is 0 Å². The number of likely N-dealkylation sites (tertiary alicyclic amines) is 1. The lowest BCUT2D eigenvalue weighted by molar-refractivity contribution is -0.142. The summed E-state index contributed by atoms with van der Waals surface area (Å²) in [5.74, 6) is -6.52. The summed E-state index contributed by atoms with van der Waals surface area (Å²) in [5, 5.41) is 30.9. The first kappa shape index (κ1) is 67.3. The van der Waals surface area contributed by atoms with Crippen molar-refractivity contribution in [3.05, 3.63) is 30.0 Å². The Morgan fingerprint density at radius 2 is 1.31 bits per heavy atom. The maximum atomic E-state index is 14.4. The number of hydrogen-bond donors (Lipinski definition) is 18. The molecule has 78 heavy (non-hydrogen) atoms. The number of amides is 9. The van der Waals surface area contributed by atoms with Crippen LogP contribution in [0.2, 0.25) is 0 Å². The molecule has 30 heteroatoms. The van der Waals surface area contributed by atoms with Gasteiger partial charge in [-0.15, -0.1) is 0 Å². The van der Waals surface area contributed by atoms with Gasteiger partial charge in [0.25, 0.3) is 5.91 Å². The number of carbonyl (C=O) groups excluding carboxylic acids is 9. The van der Waals surface area contributed by atoms with Gasteiger partial charge in [-0.3, -0.25) is 48.1 Å². The number of aromatic amines is 1. The van der Waals surface area contributed by atoms with Gasteiger partial charge in [0.15, 0.2) is 5.96 Å². The summed E-state index contributed by atoms with van der Waals surface area (Å²) >= 11 is 0. The largest absolute Gasteiger partial charge is 0.391 e. The van der Waals surface area contributed by atoms with Crippen LogP contribution in [0.1, 0.15) is 102 Å². The number of aliphatic hydroxyl groups excluding tert-OH is 1. The van der Waals surface area contributed by atoms with E-state index < -0.39 is 102 Å². The second-order valence-electron chi connectivity index (χ2n) is 18.7. The van der Waals surface area contributed by atoms with Crippen LogP contribution in [0.3, 0.4) is 0 Å². The molecule has 1 fully saturated rings. The molecule has 0 spiro atoms. The van der Waals surface area contributed by atoms with Crippen LogP contribution < -0.4 is 88.4 Å². The number of aromatic nitrogens is 2. The van der Waals surface area contributed by atoms with Gasteiger partial charge >= 0.3 is 0 Å². The number of carbonyl (C=O) groups is 9. The summed E-state index contributed by atoms with van der Waals surface area (Å²) in [4.78, 5) is 135. The summed E-state index contributed by atoms with van der Waals surface area (Å²) < 4.78 is 0. The smallest absolute Gasteiger partial charge is 0.268 e. The molecule has 0 saturated carbocycles. The first-order chi connectivity index (χ1) is 37.4. The normalized spacial score (nSPS) is 15.6. The number of aliphatic imine (C=N–C) groups is 1. The van der Waals surface area contributed by atoms with Crippen molar-refractivity contribution in [2.75, 3.05) is 65.4 Å². The fourth-order valence-corrected chi connectivity index (χ4v) is 8.16. The van der Waals surface area contributed by atoms with Gasteiger partial charge in [0.2, 0.25) is 47.3 Å². The van der Waals surface area contributed by atoms with E-state index in [2.05, 4.69) is 57.5 Å². The molecule has 0 radical (unpaired) electrons. The summed E-state index contributed by atoms with van der Waals surface area (Å²) in [5.41, 5.74) is 45.1. The van der Waals surface area contributed by atoms with Crippen molar-refractivity contribution in [2.45, 2.75) is 145 Å². The molecular weight excluding hydrogens is 1020 g/mol. The molecular formula is C48H88N20O10. The average molecular weight is 1110 g/mol. The number of rotatable bonds is 40. The zero-order chi connectivity index (χ0) is 57.8. The minimum absolute atomic E-state index is 0.00865. The quantitative estimate of drug-likeness (QED) is 0.0126. The number of imidazole rings is 1. The molecule has 1 aromatic rings. The average Bonchev–Trinajstić information content (AvgIpc) is 4.14. The van der Waals surface area contributed by atoms with E-state index in [9.17, 15) is 48.3 Å². The van der Waals surface area contributed by atoms with Crippen molar-refractivity contribution < 1.29 is 48.3 Å². The number of nitrogens with zero attached hydrogens (tertiary/aromatic N) is 3. The highest BCUT2D eigenvalue weighted by atomic mass is 16.3. The van der Waals surface area contributed by atoms with Gasteiger partial charge in [-0.05, 0) is 123 Å². The van der Waals surface area contributed by atoms with E-state index in [0.717, 1.165) is 0 Å². The SMILES string of the molecule is NCCCCNC(=O)[C@H](CCCCN)NC(=O)/C(=C/CCN=C(N)N)NC(=O)[C@H](CCCCN)NC(=O)[C@H](Cc1cnc[nH]1)NC(=O)[C@@H]1CCCN1C(=O)[C@@H](CCCN)NC(=O)CNC(=O)[C@H](CCN)NC(=O)C[C@@H](O)CN. The number of nitrogens with two attached hydrogens (primary N) is 8. The number of hydrogen-bond acceptors (Lipinski definition) is 18. The molecule has 7 atom stereocenters. The van der Waals surface area contributed by atoms with Crippen LogP contribution in [-0.4, -0.2) is 187 Å². The molecule has 1 aliphatic heterocycles. The van der Waals surface area contributed by atoms with Gasteiger partial charge in [0.1, 0.15) is 41.9 Å². The Balaban J connectivity index is 2.37. The Kier molecular flexibility index (Phi) is 33.4. The molecule has 2 heterocycles. The molecule has 0 aromatic carbocycles. The summed E-state index contributed by atoms with van der Waals surface area (Å²) in [6, 6.07) is -7.07. The summed E-state index contributed by atoms with van der Waals surface area (Å²) in [6.07, 6.45) is 7.13.